The molecular formula is C30H27F2N7O4. The summed E-state index contributed by atoms with van der Waals surface area (Å²) >= 11 is 0. The number of hydrogen-bond acceptors (Lipinski definition) is 7. The van der Waals surface area contributed by atoms with Crippen LogP contribution in [0.25, 0.3) is 33.0 Å². The number of alkyl halides is 1. The quantitative estimate of drug-likeness (QED) is 0.295. The monoisotopic (exact) mass is 587 g/mol. The van der Waals surface area contributed by atoms with Gasteiger partial charge in [0.15, 0.2) is 5.69 Å². The maximum absolute atomic E-state index is 14.6. The van der Waals surface area contributed by atoms with E-state index in [1.807, 2.05) is 0 Å². The maximum atomic E-state index is 14.6. The van der Waals surface area contributed by atoms with Gasteiger partial charge in [0.2, 0.25) is 11.8 Å². The molecule has 43 heavy (non-hydrogen) atoms. The first-order valence-electron chi connectivity index (χ1n) is 13.6. The zero-order valence-corrected chi connectivity index (χ0v) is 23.3. The maximum Gasteiger partial charge on any atom is 0.269 e. The molecule has 6 rings (SSSR count). The van der Waals surface area contributed by atoms with Crippen molar-refractivity contribution in [1.29, 1.82) is 0 Å². The third-order valence-electron chi connectivity index (χ3n) is 7.75. The number of aromatic nitrogens is 4. The molecule has 0 spiro atoms. The molecule has 2 aromatic carbocycles. The number of likely N-dealkylation sites (tertiary alicyclic amines) is 1. The first-order valence-corrected chi connectivity index (χ1v) is 13.6. The average Bonchev–Trinajstić information content (AvgIpc) is 3.66. The molecule has 1 aliphatic heterocycles. The number of nitrogens with two attached hydrogens (primary N) is 1. The summed E-state index contributed by atoms with van der Waals surface area (Å²) in [7, 11) is 0. The fourth-order valence-corrected chi connectivity index (χ4v) is 5.65. The highest BCUT2D eigenvalue weighted by Gasteiger charge is 2.40. The van der Waals surface area contributed by atoms with Crippen molar-refractivity contribution >= 4 is 39.6 Å². The number of furan rings is 1. The van der Waals surface area contributed by atoms with Crippen LogP contribution in [0.1, 0.15) is 41.2 Å². The average molecular weight is 588 g/mol. The number of carbonyl (C=O) groups is 3. The highest BCUT2D eigenvalue weighted by molar-refractivity contribution is 6.05. The minimum atomic E-state index is -1.40. The number of hydrogen-bond donors (Lipinski definition) is 2. The Balaban J connectivity index is 1.23. The number of benzene rings is 2. The normalized spacial score (nSPS) is 17.4. The lowest BCUT2D eigenvalue weighted by molar-refractivity contribution is -0.139. The number of carbonyl (C=O) groups excluding carboxylic acids is 3. The van der Waals surface area contributed by atoms with Gasteiger partial charge >= 0.3 is 0 Å². The van der Waals surface area contributed by atoms with Crippen LogP contribution >= 0.6 is 0 Å². The number of halogens is 2. The fraction of sp³-hybridized carbons (Fsp3) is 0.267. The van der Waals surface area contributed by atoms with Crippen LogP contribution in [0.5, 0.6) is 0 Å². The molecule has 1 saturated heterocycles. The standard InChI is InChI=1S/C30H27F2N7O4/c1-15-21-10-19(31)4-6-25(21)43-28(15)16(2)36-30(42)24-11-20(32)13-38(24)26(40)14-39-23-5-3-17(18-7-8-34-35-12-18)9-22(23)27(37-39)29(33)41/h3-10,12,16,20,24H,11,13-14H2,1-2H3,(H2,33,41)(H,36,42)/t16?,20-,24+/m1/s1. The fourth-order valence-electron chi connectivity index (χ4n) is 5.65. The van der Waals surface area contributed by atoms with Gasteiger partial charge in [-0.15, -0.1) is 0 Å². The lowest BCUT2D eigenvalue weighted by atomic mass is 10.0. The van der Waals surface area contributed by atoms with Gasteiger partial charge in [-0.05, 0) is 55.8 Å². The molecule has 1 fully saturated rings. The number of amides is 3. The van der Waals surface area contributed by atoms with E-state index in [4.69, 9.17) is 10.2 Å². The summed E-state index contributed by atoms with van der Waals surface area (Å²) in [4.78, 5) is 40.2. The molecule has 0 radical (unpaired) electrons. The first kappa shape index (κ1) is 27.9. The van der Waals surface area contributed by atoms with Crippen molar-refractivity contribution in [3.8, 4) is 11.1 Å². The number of primary amides is 1. The second-order valence-electron chi connectivity index (χ2n) is 10.6. The molecule has 13 heteroatoms. The zero-order chi connectivity index (χ0) is 30.4. The minimum Gasteiger partial charge on any atom is -0.459 e. The van der Waals surface area contributed by atoms with Gasteiger partial charge < -0.3 is 20.4 Å². The SMILES string of the molecule is Cc1c(C(C)NC(=O)[C@@H]2C[C@@H](F)CN2C(=O)Cn2nc(C(N)=O)c3cc(-c4ccnnc4)ccc32)oc2ccc(F)cc12. The number of aryl methyl sites for hydroxylation is 1. The number of nitrogens with zero attached hydrogens (tertiary/aromatic N) is 5. The molecule has 11 nitrogen and oxygen atoms in total. The summed E-state index contributed by atoms with van der Waals surface area (Å²) in [5.74, 6) is -1.85. The molecular weight excluding hydrogens is 560 g/mol. The Morgan fingerprint density at radius 1 is 1.12 bits per heavy atom. The van der Waals surface area contributed by atoms with E-state index in [1.165, 1.54) is 34.0 Å². The zero-order valence-electron chi connectivity index (χ0n) is 23.3. The second-order valence-corrected chi connectivity index (χ2v) is 10.6. The van der Waals surface area contributed by atoms with Crippen molar-refractivity contribution in [2.75, 3.05) is 6.54 Å². The van der Waals surface area contributed by atoms with Crippen molar-refractivity contribution in [2.45, 2.75) is 45.1 Å². The first-order chi connectivity index (χ1) is 20.6. The lowest BCUT2D eigenvalue weighted by Crippen LogP contribution is -2.47. The molecule has 3 atom stereocenters. The van der Waals surface area contributed by atoms with E-state index in [0.717, 1.165) is 11.1 Å². The molecule has 0 bridgehead atoms. The predicted molar refractivity (Wildman–Crippen MR) is 152 cm³/mol. The van der Waals surface area contributed by atoms with E-state index in [-0.39, 0.29) is 25.2 Å². The topological polar surface area (TPSA) is 149 Å². The Labute approximate surface area is 243 Å². The smallest absolute Gasteiger partial charge is 0.269 e. The molecule has 0 saturated carbocycles. The third kappa shape index (κ3) is 5.17. The molecule has 5 aromatic rings. The molecule has 1 unspecified atom stereocenters. The van der Waals surface area contributed by atoms with Crippen molar-refractivity contribution in [3.05, 3.63) is 77.7 Å². The summed E-state index contributed by atoms with van der Waals surface area (Å²) in [6.45, 7) is 2.85. The molecule has 4 heterocycles. The van der Waals surface area contributed by atoms with Gasteiger partial charge in [0, 0.05) is 28.3 Å². The van der Waals surface area contributed by atoms with Gasteiger partial charge in [0.05, 0.1) is 30.5 Å². The van der Waals surface area contributed by atoms with Crippen LogP contribution in [-0.4, -0.2) is 61.4 Å². The highest BCUT2D eigenvalue weighted by Crippen LogP contribution is 2.31. The number of rotatable bonds is 7. The van der Waals surface area contributed by atoms with Crippen LogP contribution in [0.4, 0.5) is 8.78 Å². The van der Waals surface area contributed by atoms with Crippen LogP contribution in [0.2, 0.25) is 0 Å². The van der Waals surface area contributed by atoms with Crippen molar-refractivity contribution < 1.29 is 27.6 Å². The molecule has 3 N–H and O–H groups in total. The lowest BCUT2D eigenvalue weighted by Gasteiger charge is -2.25. The van der Waals surface area contributed by atoms with E-state index in [9.17, 15) is 23.2 Å². The van der Waals surface area contributed by atoms with Crippen molar-refractivity contribution in [1.82, 2.24) is 30.2 Å². The van der Waals surface area contributed by atoms with E-state index >= 15 is 0 Å². The van der Waals surface area contributed by atoms with E-state index in [1.54, 1.807) is 44.3 Å². The molecule has 3 aromatic heterocycles. The number of nitrogens with one attached hydrogen (secondary N) is 1. The van der Waals surface area contributed by atoms with Crippen LogP contribution in [0, 0.1) is 12.7 Å². The summed E-state index contributed by atoms with van der Waals surface area (Å²) in [5.41, 5.74) is 8.68. The van der Waals surface area contributed by atoms with Crippen LogP contribution in [0.3, 0.4) is 0 Å². The predicted octanol–water partition coefficient (Wildman–Crippen LogP) is 3.60. The van der Waals surface area contributed by atoms with Gasteiger partial charge in [0.25, 0.3) is 5.91 Å². The third-order valence-corrected chi connectivity index (χ3v) is 7.75. The summed E-state index contributed by atoms with van der Waals surface area (Å²) in [6.07, 6.45) is 1.53. The van der Waals surface area contributed by atoms with Gasteiger partial charge in [-0.2, -0.15) is 15.3 Å². The van der Waals surface area contributed by atoms with Crippen LogP contribution < -0.4 is 11.1 Å². The summed E-state index contributed by atoms with van der Waals surface area (Å²) < 4.78 is 35.6. The Hall–Kier alpha value is -5.20. The van der Waals surface area contributed by atoms with E-state index in [2.05, 4.69) is 20.6 Å². The molecule has 1 aliphatic rings. The van der Waals surface area contributed by atoms with Crippen LogP contribution in [-0.2, 0) is 16.1 Å². The van der Waals surface area contributed by atoms with Crippen molar-refractivity contribution in [2.24, 2.45) is 5.73 Å². The molecule has 3 amide bonds. The van der Waals surface area contributed by atoms with Gasteiger partial charge in [-0.3, -0.25) is 19.1 Å². The van der Waals surface area contributed by atoms with Gasteiger partial charge in [-0.25, -0.2) is 8.78 Å². The molecule has 0 aliphatic carbocycles. The van der Waals surface area contributed by atoms with Crippen LogP contribution in [0.15, 0.2) is 59.3 Å². The largest absolute Gasteiger partial charge is 0.459 e. The Morgan fingerprint density at radius 2 is 1.93 bits per heavy atom. The van der Waals surface area contributed by atoms with Crippen molar-refractivity contribution in [3.63, 3.8) is 0 Å². The van der Waals surface area contributed by atoms with E-state index in [0.29, 0.717) is 33.2 Å². The number of fused-ring (bicyclic) bond motifs is 2. The van der Waals surface area contributed by atoms with E-state index < -0.39 is 41.8 Å². The Kier molecular flexibility index (Phi) is 7.08. The summed E-state index contributed by atoms with van der Waals surface area (Å²) in [5, 5.41) is 15.8. The van der Waals surface area contributed by atoms with Gasteiger partial charge in [-0.1, -0.05) is 6.07 Å². The highest BCUT2D eigenvalue weighted by atomic mass is 19.1. The minimum absolute atomic E-state index is 0.0272. The Bertz CT molecular complexity index is 1890. The Morgan fingerprint density at radius 3 is 2.67 bits per heavy atom. The van der Waals surface area contributed by atoms with Gasteiger partial charge in [0.1, 0.15) is 35.9 Å². The molecule has 220 valence electrons. The second kappa shape index (κ2) is 10.9. The summed E-state index contributed by atoms with van der Waals surface area (Å²) in [6, 6.07) is 9.42.